The van der Waals surface area contributed by atoms with Crippen molar-refractivity contribution in [2.24, 2.45) is 5.92 Å². The Bertz CT molecular complexity index is 920. The van der Waals surface area contributed by atoms with E-state index in [1.807, 2.05) is 37.4 Å². The number of rotatable bonds is 14. The highest BCUT2D eigenvalue weighted by atomic mass is 32.1. The fourth-order valence-electron chi connectivity index (χ4n) is 3.96. The van der Waals surface area contributed by atoms with Crippen molar-refractivity contribution in [3.05, 3.63) is 69.9 Å². The molecule has 2 aromatic rings. The van der Waals surface area contributed by atoms with Crippen molar-refractivity contribution in [3.63, 3.8) is 0 Å². The first-order chi connectivity index (χ1) is 17.0. The van der Waals surface area contributed by atoms with Crippen LogP contribution < -0.4 is 5.32 Å². The maximum atomic E-state index is 13.3. The van der Waals surface area contributed by atoms with E-state index in [-0.39, 0.29) is 42.0 Å². The van der Waals surface area contributed by atoms with Crippen LogP contribution in [0.4, 0.5) is 4.39 Å². The second kappa shape index (κ2) is 14.3. The molecule has 0 fully saturated rings. The molecule has 35 heavy (non-hydrogen) atoms. The Balaban J connectivity index is 1.71. The molecule has 9 heteroatoms. The van der Waals surface area contributed by atoms with Gasteiger partial charge in [-0.15, -0.1) is 11.3 Å². The summed E-state index contributed by atoms with van der Waals surface area (Å²) in [5.41, 5.74) is 0.797. The summed E-state index contributed by atoms with van der Waals surface area (Å²) in [4.78, 5) is 14.2. The van der Waals surface area contributed by atoms with Gasteiger partial charge in [0.1, 0.15) is 5.82 Å². The summed E-state index contributed by atoms with van der Waals surface area (Å²) in [7, 11) is 0. The molecule has 1 aliphatic heterocycles. The first kappa shape index (κ1) is 27.3. The van der Waals surface area contributed by atoms with Crippen molar-refractivity contribution >= 4 is 17.2 Å². The van der Waals surface area contributed by atoms with E-state index in [2.05, 4.69) is 5.32 Å². The van der Waals surface area contributed by atoms with E-state index in [1.54, 1.807) is 23.5 Å². The number of amides is 1. The maximum Gasteiger partial charge on any atom is 0.286 e. The van der Waals surface area contributed by atoms with E-state index >= 15 is 0 Å². The zero-order valence-electron chi connectivity index (χ0n) is 20.2. The van der Waals surface area contributed by atoms with Crippen LogP contribution in [0.1, 0.15) is 42.7 Å². The average molecular weight is 508 g/mol. The fraction of sp³-hybridized carbons (Fsp3) is 0.500. The van der Waals surface area contributed by atoms with Crippen molar-refractivity contribution in [2.75, 3.05) is 39.6 Å². The number of ether oxygens (including phenoxy) is 4. The third-order valence-electron chi connectivity index (χ3n) is 5.73. The van der Waals surface area contributed by atoms with E-state index in [4.69, 9.17) is 24.1 Å². The molecular weight excluding hydrogens is 473 g/mol. The van der Waals surface area contributed by atoms with Crippen LogP contribution >= 0.6 is 11.3 Å². The van der Waals surface area contributed by atoms with Gasteiger partial charge in [-0.3, -0.25) is 4.79 Å². The SMILES string of the molecule is CCO[C@H]1OC(C(=O)N[C@@H](C)c2ccc(F)cc2)=C[C@@H](c2cccs2)[C@H]1CCOCCOCCO. The van der Waals surface area contributed by atoms with Gasteiger partial charge in [0.15, 0.2) is 5.76 Å². The Hall–Kier alpha value is -2.30. The number of allylic oxidation sites excluding steroid dienone is 1. The molecule has 0 saturated carbocycles. The number of carbonyl (C=O) groups excluding carboxylic acids is 1. The summed E-state index contributed by atoms with van der Waals surface area (Å²) in [5, 5.41) is 13.7. The van der Waals surface area contributed by atoms with Gasteiger partial charge in [0.25, 0.3) is 5.91 Å². The molecule has 1 aromatic carbocycles. The minimum atomic E-state index is -0.604. The topological polar surface area (TPSA) is 86.3 Å². The zero-order valence-corrected chi connectivity index (χ0v) is 21.0. The van der Waals surface area contributed by atoms with Gasteiger partial charge >= 0.3 is 0 Å². The minimum Gasteiger partial charge on any atom is -0.459 e. The molecule has 0 unspecified atom stereocenters. The van der Waals surface area contributed by atoms with Crippen molar-refractivity contribution in [1.29, 1.82) is 0 Å². The molecule has 3 rings (SSSR count). The van der Waals surface area contributed by atoms with Gasteiger partial charge in [0.05, 0.1) is 32.5 Å². The van der Waals surface area contributed by atoms with Crippen LogP contribution in [0.2, 0.25) is 0 Å². The van der Waals surface area contributed by atoms with Gasteiger partial charge in [-0.25, -0.2) is 4.39 Å². The fourth-order valence-corrected chi connectivity index (χ4v) is 4.83. The normalized spacial score (nSPS) is 20.7. The summed E-state index contributed by atoms with van der Waals surface area (Å²) < 4.78 is 36.2. The second-order valence-electron chi connectivity index (χ2n) is 8.16. The number of aliphatic hydroxyl groups excluding tert-OH is 1. The monoisotopic (exact) mass is 507 g/mol. The highest BCUT2D eigenvalue weighted by molar-refractivity contribution is 7.10. The molecule has 192 valence electrons. The molecule has 0 spiro atoms. The Labute approximate surface area is 209 Å². The Morgan fingerprint density at radius 2 is 1.91 bits per heavy atom. The van der Waals surface area contributed by atoms with Crippen LogP contribution in [0.5, 0.6) is 0 Å². The lowest BCUT2D eigenvalue weighted by atomic mass is 9.85. The predicted molar refractivity (Wildman–Crippen MR) is 131 cm³/mol. The molecule has 0 saturated heterocycles. The lowest BCUT2D eigenvalue weighted by molar-refractivity contribution is -0.168. The van der Waals surface area contributed by atoms with E-state index < -0.39 is 6.29 Å². The smallest absolute Gasteiger partial charge is 0.286 e. The van der Waals surface area contributed by atoms with Gasteiger partial charge in [-0.05, 0) is 55.5 Å². The van der Waals surface area contributed by atoms with E-state index in [0.717, 1.165) is 10.4 Å². The quantitative estimate of drug-likeness (QED) is 0.374. The van der Waals surface area contributed by atoms with Crippen LogP contribution in [-0.4, -0.2) is 56.9 Å². The molecule has 2 heterocycles. The molecule has 1 aliphatic rings. The Kier molecular flexibility index (Phi) is 11.2. The number of hydrogen-bond acceptors (Lipinski definition) is 7. The number of halogens is 1. The van der Waals surface area contributed by atoms with E-state index in [9.17, 15) is 9.18 Å². The van der Waals surface area contributed by atoms with Crippen molar-refractivity contribution in [1.82, 2.24) is 5.32 Å². The standard InChI is InChI=1S/C26H34FNO6S/c1-3-33-26-21(10-12-31-14-15-32-13-11-29)22(24-5-4-16-35-24)17-23(34-26)25(30)28-18(2)19-6-8-20(27)9-7-19/h4-9,16-18,21-22,26,29H,3,10-15H2,1-2H3,(H,28,30)/t18-,21+,22+,26-/m0/s1. The Morgan fingerprint density at radius 1 is 1.17 bits per heavy atom. The lowest BCUT2D eigenvalue weighted by Gasteiger charge is -2.36. The van der Waals surface area contributed by atoms with Crippen LogP contribution in [0, 0.1) is 11.7 Å². The predicted octanol–water partition coefficient (Wildman–Crippen LogP) is 4.16. The van der Waals surface area contributed by atoms with E-state index in [1.165, 1.54) is 12.1 Å². The van der Waals surface area contributed by atoms with Crippen LogP contribution in [0.25, 0.3) is 0 Å². The maximum absolute atomic E-state index is 13.3. The summed E-state index contributed by atoms with van der Waals surface area (Å²) in [6.45, 7) is 5.79. The summed E-state index contributed by atoms with van der Waals surface area (Å²) in [5.74, 6) is -0.569. The molecule has 1 aromatic heterocycles. The largest absolute Gasteiger partial charge is 0.459 e. The molecular formula is C26H34FNO6S. The first-order valence-electron chi connectivity index (χ1n) is 11.9. The van der Waals surface area contributed by atoms with Gasteiger partial charge < -0.3 is 29.4 Å². The Morgan fingerprint density at radius 3 is 2.57 bits per heavy atom. The van der Waals surface area contributed by atoms with Crippen LogP contribution in [0.15, 0.2) is 53.6 Å². The molecule has 0 bridgehead atoms. The number of aliphatic hydroxyl groups is 1. The molecule has 4 atom stereocenters. The summed E-state index contributed by atoms with van der Waals surface area (Å²) >= 11 is 1.62. The molecule has 0 radical (unpaired) electrons. The summed E-state index contributed by atoms with van der Waals surface area (Å²) in [6, 6.07) is 9.76. The molecule has 1 amide bonds. The molecule has 7 nitrogen and oxygen atoms in total. The van der Waals surface area contributed by atoms with Gasteiger partial charge in [0, 0.05) is 29.9 Å². The van der Waals surface area contributed by atoms with Crippen molar-refractivity contribution in [3.8, 4) is 0 Å². The van der Waals surface area contributed by atoms with Gasteiger partial charge in [-0.1, -0.05) is 18.2 Å². The highest BCUT2D eigenvalue weighted by Gasteiger charge is 2.38. The minimum absolute atomic E-state index is 0.0110. The third-order valence-corrected chi connectivity index (χ3v) is 6.71. The number of hydrogen-bond donors (Lipinski definition) is 2. The highest BCUT2D eigenvalue weighted by Crippen LogP contribution is 2.40. The number of nitrogens with one attached hydrogen (secondary N) is 1. The second-order valence-corrected chi connectivity index (χ2v) is 9.14. The third kappa shape index (κ3) is 8.12. The number of benzene rings is 1. The lowest BCUT2D eigenvalue weighted by Crippen LogP contribution is -2.39. The van der Waals surface area contributed by atoms with Gasteiger partial charge in [-0.2, -0.15) is 0 Å². The van der Waals surface area contributed by atoms with Crippen molar-refractivity contribution in [2.45, 2.75) is 38.5 Å². The zero-order chi connectivity index (χ0) is 25.0. The first-order valence-corrected chi connectivity index (χ1v) is 12.8. The van der Waals surface area contributed by atoms with Crippen LogP contribution in [0.3, 0.4) is 0 Å². The van der Waals surface area contributed by atoms with E-state index in [0.29, 0.717) is 39.5 Å². The number of thiophene rings is 1. The van der Waals surface area contributed by atoms with Crippen LogP contribution in [-0.2, 0) is 23.7 Å². The average Bonchev–Trinajstić information content (AvgIpc) is 3.39. The summed E-state index contributed by atoms with van der Waals surface area (Å²) in [6.07, 6.45) is 1.93. The molecule has 0 aliphatic carbocycles. The van der Waals surface area contributed by atoms with Crippen molar-refractivity contribution < 1.29 is 33.2 Å². The molecule has 2 N–H and O–H groups in total. The number of carbonyl (C=O) groups is 1. The van der Waals surface area contributed by atoms with Gasteiger partial charge in [0.2, 0.25) is 6.29 Å².